The van der Waals surface area contributed by atoms with Crippen molar-refractivity contribution in [3.05, 3.63) is 46.0 Å². The van der Waals surface area contributed by atoms with Gasteiger partial charge in [-0.05, 0) is 25.5 Å². The third-order valence-electron chi connectivity index (χ3n) is 2.25. The summed E-state index contributed by atoms with van der Waals surface area (Å²) >= 11 is 0. The van der Waals surface area contributed by atoms with Gasteiger partial charge in [0.2, 0.25) is 5.91 Å². The number of nitrogens with zero attached hydrogens (tertiary/aromatic N) is 1. The molecule has 0 bridgehead atoms. The van der Waals surface area contributed by atoms with Crippen LogP contribution in [0.2, 0.25) is 0 Å². The zero-order valence-corrected chi connectivity index (χ0v) is 12.1. The van der Waals surface area contributed by atoms with E-state index in [4.69, 9.17) is 10.8 Å². The Morgan fingerprint density at radius 2 is 2.00 bits per heavy atom. The molecule has 0 saturated carbocycles. The standard InChI is InChI=1S/C7H6O2.C6H13N3O4/c8-7(9)6-4-2-1-3-5-6;1-5(7)6(10)8-3-2-4-13-9(11)12/h1-5H,(H,8,9);5H,2-4,7H2,1H3,(H,8,10). The second-order valence-corrected chi connectivity index (χ2v) is 4.16. The zero-order valence-electron chi connectivity index (χ0n) is 12.1. The number of amides is 1. The van der Waals surface area contributed by atoms with Crippen LogP contribution in [0.4, 0.5) is 0 Å². The molecule has 0 saturated heterocycles. The van der Waals surface area contributed by atoms with Crippen LogP contribution in [0.1, 0.15) is 23.7 Å². The van der Waals surface area contributed by atoms with Crippen LogP contribution in [0, 0.1) is 10.1 Å². The minimum Gasteiger partial charge on any atom is -0.478 e. The van der Waals surface area contributed by atoms with Crippen molar-refractivity contribution in [2.45, 2.75) is 19.4 Å². The number of nitrogens with two attached hydrogens (primary N) is 1. The van der Waals surface area contributed by atoms with E-state index in [2.05, 4.69) is 10.2 Å². The van der Waals surface area contributed by atoms with Crippen LogP contribution in [0.3, 0.4) is 0 Å². The quantitative estimate of drug-likeness (QED) is 0.376. The van der Waals surface area contributed by atoms with E-state index in [-0.39, 0.29) is 12.5 Å². The van der Waals surface area contributed by atoms with Crippen molar-refractivity contribution < 1.29 is 24.6 Å². The highest BCUT2D eigenvalue weighted by Gasteiger charge is 2.05. The Hall–Kier alpha value is -2.68. The van der Waals surface area contributed by atoms with Gasteiger partial charge in [-0.1, -0.05) is 18.2 Å². The molecule has 22 heavy (non-hydrogen) atoms. The second-order valence-electron chi connectivity index (χ2n) is 4.16. The van der Waals surface area contributed by atoms with E-state index in [1.807, 2.05) is 0 Å². The fraction of sp³-hybridized carbons (Fsp3) is 0.385. The Balaban J connectivity index is 0.000000425. The number of hydrogen-bond donors (Lipinski definition) is 3. The SMILES string of the molecule is CC(N)C(=O)NCCCO[N+](=O)[O-].O=C(O)c1ccccc1. The molecule has 0 heterocycles. The molecule has 0 spiro atoms. The summed E-state index contributed by atoms with van der Waals surface area (Å²) in [6.07, 6.45) is 0.388. The van der Waals surface area contributed by atoms with E-state index < -0.39 is 17.1 Å². The molecule has 1 rings (SSSR count). The van der Waals surface area contributed by atoms with Crippen molar-refractivity contribution in [1.29, 1.82) is 0 Å². The largest absolute Gasteiger partial charge is 0.478 e. The number of carbonyl (C=O) groups is 2. The number of nitrogens with one attached hydrogen (secondary N) is 1. The molecule has 0 aromatic heterocycles. The molecule has 0 radical (unpaired) electrons. The summed E-state index contributed by atoms with van der Waals surface area (Å²) in [5, 5.41) is 19.7. The average molecular weight is 313 g/mol. The highest BCUT2D eigenvalue weighted by Crippen LogP contribution is 1.96. The smallest absolute Gasteiger partial charge is 0.335 e. The average Bonchev–Trinajstić information content (AvgIpc) is 2.47. The van der Waals surface area contributed by atoms with Gasteiger partial charge in [-0.3, -0.25) is 4.79 Å². The summed E-state index contributed by atoms with van der Waals surface area (Å²) in [5.74, 6) is -1.16. The van der Waals surface area contributed by atoms with Crippen molar-refractivity contribution in [2.24, 2.45) is 5.73 Å². The van der Waals surface area contributed by atoms with Crippen molar-refractivity contribution >= 4 is 11.9 Å². The molecule has 1 aromatic carbocycles. The Morgan fingerprint density at radius 3 is 2.41 bits per heavy atom. The molecule has 0 aliphatic rings. The number of hydrogen-bond acceptors (Lipinski definition) is 6. The molecule has 1 atom stereocenters. The lowest BCUT2D eigenvalue weighted by Gasteiger charge is -2.06. The first kappa shape index (κ1) is 19.3. The first-order chi connectivity index (χ1) is 10.3. The van der Waals surface area contributed by atoms with Crippen LogP contribution in [0.15, 0.2) is 30.3 Å². The molecule has 1 amide bonds. The third kappa shape index (κ3) is 10.1. The predicted octanol–water partition coefficient (Wildman–Crippen LogP) is 0.433. The van der Waals surface area contributed by atoms with Gasteiger partial charge >= 0.3 is 5.97 Å². The fourth-order valence-corrected chi connectivity index (χ4v) is 1.16. The molecule has 122 valence electrons. The maximum Gasteiger partial charge on any atom is 0.335 e. The molecular formula is C13H19N3O6. The Morgan fingerprint density at radius 1 is 1.41 bits per heavy atom. The predicted molar refractivity (Wildman–Crippen MR) is 77.6 cm³/mol. The summed E-state index contributed by atoms with van der Waals surface area (Å²) in [5.41, 5.74) is 5.58. The van der Waals surface area contributed by atoms with Gasteiger partial charge < -0.3 is 21.0 Å². The molecule has 9 nitrogen and oxygen atoms in total. The van der Waals surface area contributed by atoms with Crippen LogP contribution in [-0.2, 0) is 9.63 Å². The number of carbonyl (C=O) groups excluding carboxylic acids is 1. The first-order valence-corrected chi connectivity index (χ1v) is 6.43. The number of benzene rings is 1. The monoisotopic (exact) mass is 313 g/mol. The first-order valence-electron chi connectivity index (χ1n) is 6.43. The molecular weight excluding hydrogens is 294 g/mol. The third-order valence-corrected chi connectivity index (χ3v) is 2.25. The van der Waals surface area contributed by atoms with Gasteiger partial charge in [-0.25, -0.2) is 4.79 Å². The molecule has 9 heteroatoms. The summed E-state index contributed by atoms with van der Waals surface area (Å²) in [6.45, 7) is 1.86. The van der Waals surface area contributed by atoms with Crippen LogP contribution in [0.5, 0.6) is 0 Å². The van der Waals surface area contributed by atoms with E-state index in [9.17, 15) is 19.7 Å². The van der Waals surface area contributed by atoms with Gasteiger partial charge in [0.15, 0.2) is 0 Å². The summed E-state index contributed by atoms with van der Waals surface area (Å²) in [4.78, 5) is 34.7. The van der Waals surface area contributed by atoms with Crippen LogP contribution in [-0.4, -0.2) is 41.3 Å². The molecule has 1 unspecified atom stereocenters. The highest BCUT2D eigenvalue weighted by atomic mass is 16.9. The van der Waals surface area contributed by atoms with E-state index in [0.29, 0.717) is 18.5 Å². The van der Waals surface area contributed by atoms with Gasteiger partial charge in [0.25, 0.3) is 5.09 Å². The van der Waals surface area contributed by atoms with Crippen LogP contribution < -0.4 is 11.1 Å². The highest BCUT2D eigenvalue weighted by molar-refractivity contribution is 5.87. The lowest BCUT2D eigenvalue weighted by Crippen LogP contribution is -2.38. The summed E-state index contributed by atoms with van der Waals surface area (Å²) in [6, 6.07) is 7.74. The Bertz CT molecular complexity index is 478. The van der Waals surface area contributed by atoms with E-state index in [0.717, 1.165) is 0 Å². The number of aromatic carboxylic acids is 1. The molecule has 0 aliphatic heterocycles. The van der Waals surface area contributed by atoms with Gasteiger partial charge in [0, 0.05) is 6.54 Å². The second kappa shape index (κ2) is 11.0. The maximum atomic E-state index is 10.8. The lowest BCUT2D eigenvalue weighted by molar-refractivity contribution is -0.757. The Labute approximate surface area is 127 Å². The lowest BCUT2D eigenvalue weighted by atomic mass is 10.2. The maximum absolute atomic E-state index is 10.8. The summed E-state index contributed by atoms with van der Waals surface area (Å²) < 4.78 is 0. The molecule has 4 N–H and O–H groups in total. The zero-order chi connectivity index (χ0) is 17.0. The minimum absolute atomic E-state index is 0.0216. The van der Waals surface area contributed by atoms with E-state index >= 15 is 0 Å². The van der Waals surface area contributed by atoms with Gasteiger partial charge in [0.05, 0.1) is 18.2 Å². The number of carboxylic acids is 1. The number of carboxylic acid groups (broad SMARTS) is 1. The summed E-state index contributed by atoms with van der Waals surface area (Å²) in [7, 11) is 0. The van der Waals surface area contributed by atoms with E-state index in [1.165, 1.54) is 0 Å². The molecule has 0 aliphatic carbocycles. The van der Waals surface area contributed by atoms with Crippen molar-refractivity contribution in [3.63, 3.8) is 0 Å². The molecule has 0 fully saturated rings. The van der Waals surface area contributed by atoms with Crippen molar-refractivity contribution in [2.75, 3.05) is 13.2 Å². The van der Waals surface area contributed by atoms with Gasteiger partial charge in [0.1, 0.15) is 0 Å². The fourth-order valence-electron chi connectivity index (χ4n) is 1.16. The number of rotatable bonds is 7. The van der Waals surface area contributed by atoms with Crippen LogP contribution >= 0.6 is 0 Å². The van der Waals surface area contributed by atoms with Gasteiger partial charge in [-0.15, -0.1) is 10.1 Å². The van der Waals surface area contributed by atoms with Crippen molar-refractivity contribution in [3.8, 4) is 0 Å². The van der Waals surface area contributed by atoms with Gasteiger partial charge in [-0.2, -0.15) is 0 Å². The molecule has 1 aromatic rings. The van der Waals surface area contributed by atoms with Crippen molar-refractivity contribution in [1.82, 2.24) is 5.32 Å². The Kier molecular flexibility index (Phi) is 9.69. The minimum atomic E-state index is -0.879. The topological polar surface area (TPSA) is 145 Å². The van der Waals surface area contributed by atoms with Crippen LogP contribution in [0.25, 0.3) is 0 Å². The van der Waals surface area contributed by atoms with E-state index in [1.54, 1.807) is 37.3 Å². The normalized spacial score (nSPS) is 10.6.